The maximum absolute atomic E-state index is 12.7. The van der Waals surface area contributed by atoms with Gasteiger partial charge in [-0.05, 0) is 19.9 Å². The van der Waals surface area contributed by atoms with Crippen LogP contribution in [-0.4, -0.2) is 27.4 Å². The molecule has 20 heavy (non-hydrogen) atoms. The summed E-state index contributed by atoms with van der Waals surface area (Å²) in [6.07, 6.45) is 0. The topological polar surface area (TPSA) is 54.0 Å². The Morgan fingerprint density at radius 3 is 2.20 bits per heavy atom. The highest BCUT2D eigenvalue weighted by Crippen LogP contribution is 2.64. The summed E-state index contributed by atoms with van der Waals surface area (Å²) in [5.74, 6) is 0.935. The quantitative estimate of drug-likeness (QED) is 0.530. The van der Waals surface area contributed by atoms with Crippen LogP contribution in [0.1, 0.15) is 24.5 Å². The fourth-order valence-corrected chi connectivity index (χ4v) is 3.91. The lowest BCUT2D eigenvalue weighted by molar-refractivity contribution is 0.217. The number of hydrogen-bond donors (Lipinski definition) is 0. The van der Waals surface area contributed by atoms with Crippen LogP contribution < -0.4 is 9.47 Å². The largest absolute Gasteiger partial charge is 0.493 e. The van der Waals surface area contributed by atoms with Crippen LogP contribution >= 0.6 is 19.2 Å². The number of ether oxygens (including phenoxy) is 2. The standard InChI is InChI=1S/C13H20ClO5P/c1-5-18-20(15,19-6-2)13(14)10-8-7-9-11(16-3)12(10)17-4/h7-9,13H,5-6H2,1-4H3. The van der Waals surface area contributed by atoms with Gasteiger partial charge in [-0.3, -0.25) is 4.57 Å². The molecule has 1 unspecified atom stereocenters. The zero-order chi connectivity index (χ0) is 15.2. The molecular weight excluding hydrogens is 303 g/mol. The highest BCUT2D eigenvalue weighted by molar-refractivity contribution is 7.56. The summed E-state index contributed by atoms with van der Waals surface area (Å²) in [4.78, 5) is 0. The van der Waals surface area contributed by atoms with Gasteiger partial charge in [0.05, 0.1) is 27.4 Å². The summed E-state index contributed by atoms with van der Waals surface area (Å²) in [7, 11) is -0.452. The van der Waals surface area contributed by atoms with Gasteiger partial charge in [0.1, 0.15) is 0 Å². The van der Waals surface area contributed by atoms with Gasteiger partial charge in [-0.2, -0.15) is 0 Å². The highest BCUT2D eigenvalue weighted by Gasteiger charge is 2.37. The van der Waals surface area contributed by atoms with Crippen LogP contribution in [0.4, 0.5) is 0 Å². The Morgan fingerprint density at radius 1 is 1.15 bits per heavy atom. The van der Waals surface area contributed by atoms with Gasteiger partial charge in [-0.15, -0.1) is 11.6 Å². The molecule has 0 aliphatic carbocycles. The van der Waals surface area contributed by atoms with E-state index in [1.165, 1.54) is 14.2 Å². The van der Waals surface area contributed by atoms with Crippen molar-refractivity contribution in [2.24, 2.45) is 0 Å². The average Bonchev–Trinajstić information content (AvgIpc) is 2.45. The third-order valence-corrected chi connectivity index (χ3v) is 5.61. The number of methoxy groups -OCH3 is 2. The second-order valence-electron chi connectivity index (χ2n) is 3.79. The summed E-state index contributed by atoms with van der Waals surface area (Å²) in [6, 6.07) is 5.19. The van der Waals surface area contributed by atoms with Crippen LogP contribution in [0.2, 0.25) is 0 Å². The van der Waals surface area contributed by atoms with Gasteiger partial charge in [0, 0.05) is 5.56 Å². The molecule has 0 saturated heterocycles. The minimum Gasteiger partial charge on any atom is -0.493 e. The summed E-state index contributed by atoms with van der Waals surface area (Å²) in [6.45, 7) is 3.95. The first kappa shape index (κ1) is 17.3. The van der Waals surface area contributed by atoms with Gasteiger partial charge >= 0.3 is 7.60 Å². The number of rotatable bonds is 8. The maximum Gasteiger partial charge on any atom is 0.352 e. The van der Waals surface area contributed by atoms with Gasteiger partial charge in [0.2, 0.25) is 0 Å². The van der Waals surface area contributed by atoms with Crippen molar-refractivity contribution in [3.8, 4) is 11.5 Å². The van der Waals surface area contributed by atoms with Crippen LogP contribution in [0.15, 0.2) is 18.2 Å². The fraction of sp³-hybridized carbons (Fsp3) is 0.538. The molecule has 114 valence electrons. The van der Waals surface area contributed by atoms with E-state index >= 15 is 0 Å². The summed E-state index contributed by atoms with van der Waals surface area (Å²) in [5.41, 5.74) is 0.513. The number of benzene rings is 1. The molecule has 5 nitrogen and oxygen atoms in total. The molecule has 0 bridgehead atoms. The van der Waals surface area contributed by atoms with E-state index < -0.39 is 12.7 Å². The smallest absolute Gasteiger partial charge is 0.352 e. The van der Waals surface area contributed by atoms with Gasteiger partial charge in [0.15, 0.2) is 16.6 Å². The molecule has 7 heteroatoms. The fourth-order valence-electron chi connectivity index (χ4n) is 1.80. The second-order valence-corrected chi connectivity index (χ2v) is 6.65. The Hall–Kier alpha value is -0.740. The van der Waals surface area contributed by atoms with Gasteiger partial charge in [0.25, 0.3) is 0 Å². The summed E-state index contributed by atoms with van der Waals surface area (Å²) in [5, 5.41) is -0.965. The monoisotopic (exact) mass is 322 g/mol. The first-order valence-corrected chi connectivity index (χ1v) is 8.32. The molecule has 0 spiro atoms. The molecule has 1 atom stereocenters. The van der Waals surface area contributed by atoms with E-state index in [0.717, 1.165) is 0 Å². The molecule has 0 aliphatic heterocycles. The van der Waals surface area contributed by atoms with E-state index in [2.05, 4.69) is 0 Å². The Bertz CT molecular complexity index is 470. The van der Waals surface area contributed by atoms with Crippen LogP contribution in [0.25, 0.3) is 0 Å². The van der Waals surface area contributed by atoms with Crippen molar-refractivity contribution in [1.82, 2.24) is 0 Å². The number of alkyl halides is 1. The molecule has 0 aliphatic rings. The molecule has 1 rings (SSSR count). The van der Waals surface area contributed by atoms with Crippen molar-refractivity contribution in [3.63, 3.8) is 0 Å². The van der Waals surface area contributed by atoms with Crippen molar-refractivity contribution < 1.29 is 23.1 Å². The molecule has 0 saturated carbocycles. The molecule has 0 heterocycles. The van der Waals surface area contributed by atoms with E-state index in [0.29, 0.717) is 17.1 Å². The zero-order valence-electron chi connectivity index (χ0n) is 12.1. The lowest BCUT2D eigenvalue weighted by atomic mass is 10.2. The predicted octanol–water partition coefficient (Wildman–Crippen LogP) is 4.21. The van der Waals surface area contributed by atoms with Crippen molar-refractivity contribution in [1.29, 1.82) is 0 Å². The van der Waals surface area contributed by atoms with E-state index in [-0.39, 0.29) is 13.2 Å². The Kier molecular flexibility index (Phi) is 6.83. The predicted molar refractivity (Wildman–Crippen MR) is 79.0 cm³/mol. The first-order valence-electron chi connectivity index (χ1n) is 6.27. The first-order chi connectivity index (χ1) is 9.53. The molecule has 0 radical (unpaired) electrons. The lowest BCUT2D eigenvalue weighted by Gasteiger charge is -2.23. The molecule has 1 aromatic carbocycles. The minimum absolute atomic E-state index is 0.243. The number of halogens is 1. The van der Waals surface area contributed by atoms with E-state index in [9.17, 15) is 4.57 Å². The minimum atomic E-state index is -3.47. The molecule has 0 amide bonds. The van der Waals surface area contributed by atoms with E-state index in [4.69, 9.17) is 30.1 Å². The second kappa shape index (κ2) is 7.89. The van der Waals surface area contributed by atoms with E-state index in [1.807, 2.05) is 0 Å². The van der Waals surface area contributed by atoms with Crippen LogP contribution in [-0.2, 0) is 13.6 Å². The molecule has 1 aromatic rings. The van der Waals surface area contributed by atoms with Crippen molar-refractivity contribution in [3.05, 3.63) is 23.8 Å². The third kappa shape index (κ3) is 3.67. The van der Waals surface area contributed by atoms with Crippen molar-refractivity contribution >= 4 is 19.2 Å². The van der Waals surface area contributed by atoms with Crippen LogP contribution in [0, 0.1) is 0 Å². The summed E-state index contributed by atoms with van der Waals surface area (Å²) < 4.78 is 33.7. The molecular formula is C13H20ClO5P. The highest BCUT2D eigenvalue weighted by atomic mass is 35.5. The van der Waals surface area contributed by atoms with E-state index in [1.54, 1.807) is 32.0 Å². The molecule has 0 aromatic heterocycles. The van der Waals surface area contributed by atoms with Gasteiger partial charge in [-0.1, -0.05) is 12.1 Å². The number of para-hydroxylation sites is 1. The lowest BCUT2D eigenvalue weighted by Crippen LogP contribution is -2.04. The average molecular weight is 323 g/mol. The number of hydrogen-bond acceptors (Lipinski definition) is 5. The molecule has 0 N–H and O–H groups in total. The Morgan fingerprint density at radius 2 is 1.75 bits per heavy atom. The third-order valence-electron chi connectivity index (χ3n) is 2.59. The van der Waals surface area contributed by atoms with Crippen molar-refractivity contribution in [2.75, 3.05) is 27.4 Å². The van der Waals surface area contributed by atoms with Gasteiger partial charge in [-0.25, -0.2) is 0 Å². The Labute approximate surface area is 124 Å². The zero-order valence-corrected chi connectivity index (χ0v) is 13.7. The summed E-state index contributed by atoms with van der Waals surface area (Å²) >= 11 is 6.34. The molecule has 0 fully saturated rings. The Balaban J connectivity index is 3.24. The van der Waals surface area contributed by atoms with Crippen molar-refractivity contribution in [2.45, 2.75) is 19.0 Å². The van der Waals surface area contributed by atoms with Gasteiger partial charge < -0.3 is 18.5 Å². The maximum atomic E-state index is 12.7. The normalized spacial score (nSPS) is 13.1. The van der Waals surface area contributed by atoms with Crippen LogP contribution in [0.5, 0.6) is 11.5 Å². The SMILES string of the molecule is CCOP(=O)(OCC)C(Cl)c1cccc(OC)c1OC. The van der Waals surface area contributed by atoms with Crippen LogP contribution in [0.3, 0.4) is 0 Å².